The van der Waals surface area contributed by atoms with Gasteiger partial charge in [-0.15, -0.1) is 0 Å². The molecule has 0 spiro atoms. The van der Waals surface area contributed by atoms with E-state index >= 15 is 0 Å². The van der Waals surface area contributed by atoms with Gasteiger partial charge in [-0.25, -0.2) is 8.42 Å². The molecule has 1 aromatic carbocycles. The Morgan fingerprint density at radius 1 is 1.42 bits per heavy atom. The lowest BCUT2D eigenvalue weighted by molar-refractivity contribution is -0.386. The Bertz CT molecular complexity index is 598. The van der Waals surface area contributed by atoms with Crippen LogP contribution in [-0.4, -0.2) is 33.0 Å². The summed E-state index contributed by atoms with van der Waals surface area (Å²) in [5.41, 5.74) is 4.96. The Morgan fingerprint density at radius 2 is 2.00 bits per heavy atom. The molecule has 9 heteroatoms. The van der Waals surface area contributed by atoms with Gasteiger partial charge in [0, 0.05) is 25.5 Å². The van der Waals surface area contributed by atoms with E-state index in [9.17, 15) is 18.5 Å². The van der Waals surface area contributed by atoms with E-state index in [0.717, 1.165) is 18.4 Å². The molecule has 0 saturated carbocycles. The van der Waals surface area contributed by atoms with Gasteiger partial charge in [-0.1, -0.05) is 0 Å². The summed E-state index contributed by atoms with van der Waals surface area (Å²) in [5, 5.41) is 10.9. The number of nitrogens with two attached hydrogens (primary N) is 1. The van der Waals surface area contributed by atoms with Crippen molar-refractivity contribution >= 4 is 21.2 Å². The first-order chi connectivity index (χ1) is 8.66. The molecular formula is C10H14N2O6S. The zero-order valence-electron chi connectivity index (χ0n) is 10.6. The molecule has 0 saturated heterocycles. The van der Waals surface area contributed by atoms with Crippen LogP contribution in [0.15, 0.2) is 17.0 Å². The number of rotatable bonds is 5. The van der Waals surface area contributed by atoms with Crippen LogP contribution >= 0.6 is 0 Å². The third-order valence-electron chi connectivity index (χ3n) is 2.31. The zero-order chi connectivity index (χ0) is 14.8. The van der Waals surface area contributed by atoms with Crippen molar-refractivity contribution in [1.29, 1.82) is 0 Å². The Balaban J connectivity index is 3.42. The Labute approximate surface area is 110 Å². The van der Waals surface area contributed by atoms with Crippen molar-refractivity contribution in [2.24, 2.45) is 0 Å². The Morgan fingerprint density at radius 3 is 2.42 bits per heavy atom. The van der Waals surface area contributed by atoms with E-state index in [1.54, 1.807) is 0 Å². The molecule has 106 valence electrons. The van der Waals surface area contributed by atoms with Crippen LogP contribution in [0.3, 0.4) is 0 Å². The lowest BCUT2D eigenvalue weighted by Gasteiger charge is -2.14. The zero-order valence-corrected chi connectivity index (χ0v) is 11.4. The van der Waals surface area contributed by atoms with Crippen molar-refractivity contribution < 1.29 is 22.8 Å². The molecule has 0 heterocycles. The summed E-state index contributed by atoms with van der Waals surface area (Å²) < 4.78 is 32.9. The summed E-state index contributed by atoms with van der Waals surface area (Å²) in [5.74, 6) is -0.149. The topological polar surface area (TPSA) is 122 Å². The van der Waals surface area contributed by atoms with Gasteiger partial charge in [-0.3, -0.25) is 10.1 Å². The van der Waals surface area contributed by atoms with Crippen LogP contribution in [0.5, 0.6) is 5.75 Å². The third-order valence-corrected chi connectivity index (χ3v) is 3.46. The molecule has 1 rings (SSSR count). The number of nitro groups is 1. The van der Waals surface area contributed by atoms with Gasteiger partial charge in [0.05, 0.1) is 15.5 Å². The average molecular weight is 290 g/mol. The van der Waals surface area contributed by atoms with Crippen LogP contribution in [-0.2, 0) is 14.6 Å². The van der Waals surface area contributed by atoms with E-state index in [0.29, 0.717) is 0 Å². The first-order valence-corrected chi connectivity index (χ1v) is 7.03. The molecule has 0 aliphatic heterocycles. The number of benzene rings is 1. The number of methoxy groups -OCH3 is 1. The van der Waals surface area contributed by atoms with Crippen molar-refractivity contribution in [2.45, 2.75) is 18.1 Å². The lowest BCUT2D eigenvalue weighted by Crippen LogP contribution is -2.15. The van der Waals surface area contributed by atoms with E-state index in [1.807, 2.05) is 0 Å². The highest BCUT2D eigenvalue weighted by Gasteiger charge is 2.24. The second-order valence-electron chi connectivity index (χ2n) is 3.81. The molecule has 0 radical (unpaired) electrons. The van der Waals surface area contributed by atoms with E-state index in [2.05, 4.69) is 0 Å². The molecule has 8 nitrogen and oxygen atoms in total. The summed E-state index contributed by atoms with van der Waals surface area (Å²) in [7, 11) is -2.29. The van der Waals surface area contributed by atoms with Gasteiger partial charge in [0.25, 0.3) is 0 Å². The number of sulfone groups is 1. The molecule has 1 aromatic rings. The Hall–Kier alpha value is -1.87. The summed E-state index contributed by atoms with van der Waals surface area (Å²) in [6, 6.07) is 1.98. The van der Waals surface area contributed by atoms with Crippen molar-refractivity contribution in [3.8, 4) is 5.75 Å². The summed E-state index contributed by atoms with van der Waals surface area (Å²) >= 11 is 0. The van der Waals surface area contributed by atoms with Crippen LogP contribution in [0.4, 0.5) is 11.4 Å². The lowest BCUT2D eigenvalue weighted by atomic mass is 10.2. The van der Waals surface area contributed by atoms with Gasteiger partial charge >= 0.3 is 5.69 Å². The number of hydrogen-bond donors (Lipinski definition) is 1. The minimum absolute atomic E-state index is 0.119. The van der Waals surface area contributed by atoms with E-state index in [4.69, 9.17) is 15.2 Å². The first-order valence-electron chi connectivity index (χ1n) is 5.14. The SMILES string of the molecule is COC(C)Oc1cc(N)c(S(C)(=O)=O)cc1[N+](=O)[O-]. The van der Waals surface area contributed by atoms with Gasteiger partial charge in [0.15, 0.2) is 16.1 Å². The van der Waals surface area contributed by atoms with Gasteiger partial charge < -0.3 is 15.2 Å². The summed E-state index contributed by atoms with van der Waals surface area (Å²) in [4.78, 5) is 9.88. The van der Waals surface area contributed by atoms with Gasteiger partial charge in [0.2, 0.25) is 5.75 Å². The molecule has 19 heavy (non-hydrogen) atoms. The van der Waals surface area contributed by atoms with Crippen molar-refractivity contribution in [2.75, 3.05) is 19.1 Å². The molecule has 0 amide bonds. The number of ether oxygens (including phenoxy) is 2. The van der Waals surface area contributed by atoms with Crippen LogP contribution < -0.4 is 10.5 Å². The third kappa shape index (κ3) is 3.55. The maximum absolute atomic E-state index is 11.5. The molecular weight excluding hydrogens is 276 g/mol. The minimum atomic E-state index is -3.66. The monoisotopic (exact) mass is 290 g/mol. The maximum Gasteiger partial charge on any atom is 0.312 e. The smallest absolute Gasteiger partial charge is 0.312 e. The standard InChI is InChI=1S/C10H14N2O6S/c1-6(17-2)18-9-4-7(11)10(19(3,15)16)5-8(9)12(13)14/h4-6H,11H2,1-3H3. The van der Waals surface area contributed by atoms with Gasteiger partial charge in [0.1, 0.15) is 0 Å². The van der Waals surface area contributed by atoms with Crippen LogP contribution in [0.2, 0.25) is 0 Å². The Kier molecular flexibility index (Phi) is 4.32. The number of anilines is 1. The van der Waals surface area contributed by atoms with Crippen LogP contribution in [0, 0.1) is 10.1 Å². The number of nitrogen functional groups attached to an aromatic ring is 1. The normalized spacial score (nSPS) is 13.0. The molecule has 1 atom stereocenters. The van der Waals surface area contributed by atoms with Crippen molar-refractivity contribution in [1.82, 2.24) is 0 Å². The predicted octanol–water partition coefficient (Wildman–Crippen LogP) is 0.952. The predicted molar refractivity (Wildman–Crippen MR) is 67.7 cm³/mol. The fourth-order valence-corrected chi connectivity index (χ4v) is 2.16. The second-order valence-corrected chi connectivity index (χ2v) is 5.79. The summed E-state index contributed by atoms with van der Waals surface area (Å²) in [6.07, 6.45) is 0.183. The maximum atomic E-state index is 11.5. The van der Waals surface area contributed by atoms with Crippen molar-refractivity contribution in [3.63, 3.8) is 0 Å². The molecule has 0 aromatic heterocycles. The van der Waals surface area contributed by atoms with E-state index in [-0.39, 0.29) is 16.3 Å². The summed E-state index contributed by atoms with van der Waals surface area (Å²) in [6.45, 7) is 1.53. The van der Waals surface area contributed by atoms with E-state index < -0.39 is 26.7 Å². The number of nitro benzene ring substituents is 1. The highest BCUT2D eigenvalue weighted by molar-refractivity contribution is 7.90. The van der Waals surface area contributed by atoms with Gasteiger partial charge in [-0.2, -0.15) is 0 Å². The fourth-order valence-electron chi connectivity index (χ4n) is 1.35. The quantitative estimate of drug-likeness (QED) is 0.370. The second kappa shape index (κ2) is 5.41. The fraction of sp³-hybridized carbons (Fsp3) is 0.400. The molecule has 0 aliphatic rings. The first kappa shape index (κ1) is 15.2. The van der Waals surface area contributed by atoms with E-state index in [1.165, 1.54) is 14.0 Å². The molecule has 0 aliphatic carbocycles. The highest BCUT2D eigenvalue weighted by atomic mass is 32.2. The molecule has 1 unspecified atom stereocenters. The largest absolute Gasteiger partial charge is 0.458 e. The van der Waals surface area contributed by atoms with Crippen molar-refractivity contribution in [3.05, 3.63) is 22.2 Å². The highest BCUT2D eigenvalue weighted by Crippen LogP contribution is 2.34. The molecule has 0 fully saturated rings. The minimum Gasteiger partial charge on any atom is -0.458 e. The van der Waals surface area contributed by atoms with Crippen LogP contribution in [0.1, 0.15) is 6.92 Å². The number of nitrogens with zero attached hydrogens (tertiary/aromatic N) is 1. The molecule has 2 N–H and O–H groups in total. The van der Waals surface area contributed by atoms with Gasteiger partial charge in [-0.05, 0) is 6.92 Å². The average Bonchev–Trinajstić information content (AvgIpc) is 2.26. The van der Waals surface area contributed by atoms with Crippen LogP contribution in [0.25, 0.3) is 0 Å². The number of hydrogen-bond acceptors (Lipinski definition) is 7. The molecule has 0 bridgehead atoms.